The summed E-state index contributed by atoms with van der Waals surface area (Å²) in [5.41, 5.74) is 3.81. The quantitative estimate of drug-likeness (QED) is 0.741. The first kappa shape index (κ1) is 22.1. The fraction of sp³-hybridized carbons (Fsp3) is 0.423. The highest BCUT2D eigenvalue weighted by Crippen LogP contribution is 2.36. The van der Waals surface area contributed by atoms with Gasteiger partial charge in [-0.2, -0.15) is 0 Å². The van der Waals surface area contributed by atoms with E-state index in [0.29, 0.717) is 12.2 Å². The first-order valence-corrected chi connectivity index (χ1v) is 11.5. The minimum Gasteiger partial charge on any atom is -0.349 e. The molecule has 2 aliphatic rings. The molecule has 0 saturated heterocycles. The highest BCUT2D eigenvalue weighted by molar-refractivity contribution is 5.99. The molecule has 1 fully saturated rings. The third kappa shape index (κ3) is 4.69. The van der Waals surface area contributed by atoms with Crippen LogP contribution < -0.4 is 15.5 Å². The van der Waals surface area contributed by atoms with Gasteiger partial charge in [-0.1, -0.05) is 43.2 Å². The summed E-state index contributed by atoms with van der Waals surface area (Å²) in [5.74, 6) is -0.716. The molecule has 1 saturated carbocycles. The van der Waals surface area contributed by atoms with E-state index in [1.165, 1.54) is 12.5 Å². The standard InChI is InChI=1S/C26H31N3O3/c1-17(20-9-7-10-21(16-20)28-18(2)30)27-25(31)22-11-4-5-12-23(22)26(32)29-15-14-19-8-3-6-13-24(19)29/h3,6-10,13,16-17,22-23H,4-5,11-12,14-15H2,1-2H3,(H,27,31)(H,28,30). The molecule has 0 spiro atoms. The van der Waals surface area contributed by atoms with Gasteiger partial charge in [-0.3, -0.25) is 14.4 Å². The summed E-state index contributed by atoms with van der Waals surface area (Å²) in [6.45, 7) is 4.09. The molecule has 0 bridgehead atoms. The lowest BCUT2D eigenvalue weighted by atomic mass is 9.77. The van der Waals surface area contributed by atoms with Crippen molar-refractivity contribution in [1.29, 1.82) is 0 Å². The molecule has 3 atom stereocenters. The highest BCUT2D eigenvalue weighted by atomic mass is 16.2. The lowest BCUT2D eigenvalue weighted by molar-refractivity contribution is -0.135. The number of hydrogen-bond donors (Lipinski definition) is 2. The first-order valence-electron chi connectivity index (χ1n) is 11.5. The van der Waals surface area contributed by atoms with Crippen molar-refractivity contribution >= 4 is 29.1 Å². The van der Waals surface area contributed by atoms with E-state index in [1.54, 1.807) is 0 Å². The molecule has 3 unspecified atom stereocenters. The Morgan fingerprint density at radius 2 is 1.75 bits per heavy atom. The number of nitrogens with zero attached hydrogens (tertiary/aromatic N) is 1. The summed E-state index contributed by atoms with van der Waals surface area (Å²) in [4.78, 5) is 40.0. The van der Waals surface area contributed by atoms with Crippen molar-refractivity contribution in [3.8, 4) is 0 Å². The molecule has 2 aromatic carbocycles. The summed E-state index contributed by atoms with van der Waals surface area (Å²) in [5, 5.41) is 5.89. The largest absolute Gasteiger partial charge is 0.349 e. The molecule has 6 nitrogen and oxygen atoms in total. The van der Waals surface area contributed by atoms with Crippen LogP contribution in [-0.2, 0) is 20.8 Å². The zero-order valence-electron chi connectivity index (χ0n) is 18.8. The Bertz CT molecular complexity index is 1020. The smallest absolute Gasteiger partial charge is 0.230 e. The maximum absolute atomic E-state index is 13.5. The average molecular weight is 434 g/mol. The van der Waals surface area contributed by atoms with Crippen LogP contribution in [0.5, 0.6) is 0 Å². The van der Waals surface area contributed by atoms with Gasteiger partial charge >= 0.3 is 0 Å². The van der Waals surface area contributed by atoms with Crippen LogP contribution in [0.15, 0.2) is 48.5 Å². The van der Waals surface area contributed by atoms with Gasteiger partial charge < -0.3 is 15.5 Å². The SMILES string of the molecule is CC(=O)Nc1cccc(C(C)NC(=O)C2CCCCC2C(=O)N2CCc3ccccc32)c1. The van der Waals surface area contributed by atoms with Crippen LogP contribution in [0, 0.1) is 11.8 Å². The van der Waals surface area contributed by atoms with Crippen LogP contribution in [-0.4, -0.2) is 24.3 Å². The summed E-state index contributed by atoms with van der Waals surface area (Å²) in [6, 6.07) is 15.3. The van der Waals surface area contributed by atoms with Gasteiger partial charge in [0.25, 0.3) is 0 Å². The number of anilines is 2. The maximum atomic E-state index is 13.5. The van der Waals surface area contributed by atoms with E-state index in [4.69, 9.17) is 0 Å². The molecule has 1 aliphatic heterocycles. The molecular weight excluding hydrogens is 402 g/mol. The topological polar surface area (TPSA) is 78.5 Å². The van der Waals surface area contributed by atoms with Gasteiger partial charge in [0.05, 0.1) is 12.0 Å². The number of carbonyl (C=O) groups excluding carboxylic acids is 3. The molecule has 2 N–H and O–H groups in total. The number of benzene rings is 2. The van der Waals surface area contributed by atoms with Crippen LogP contribution in [0.1, 0.15) is 56.7 Å². The van der Waals surface area contributed by atoms with Crippen molar-refractivity contribution < 1.29 is 14.4 Å². The van der Waals surface area contributed by atoms with Crippen molar-refractivity contribution in [2.24, 2.45) is 11.8 Å². The lowest BCUT2D eigenvalue weighted by Gasteiger charge is -2.33. The van der Waals surface area contributed by atoms with Gasteiger partial charge in [0.1, 0.15) is 0 Å². The van der Waals surface area contributed by atoms with E-state index < -0.39 is 0 Å². The third-order valence-electron chi connectivity index (χ3n) is 6.64. The van der Waals surface area contributed by atoms with Crippen LogP contribution in [0.25, 0.3) is 0 Å². The Hall–Kier alpha value is -3.15. The average Bonchev–Trinajstić information content (AvgIpc) is 3.22. The lowest BCUT2D eigenvalue weighted by Crippen LogP contribution is -2.45. The molecule has 3 amide bonds. The molecule has 1 heterocycles. The Morgan fingerprint density at radius 1 is 1.00 bits per heavy atom. The van der Waals surface area contributed by atoms with Crippen LogP contribution >= 0.6 is 0 Å². The number of amides is 3. The van der Waals surface area contributed by atoms with Crippen LogP contribution in [0.4, 0.5) is 11.4 Å². The Balaban J connectivity index is 1.46. The predicted molar refractivity (Wildman–Crippen MR) is 125 cm³/mol. The second kappa shape index (κ2) is 9.55. The van der Waals surface area contributed by atoms with Crippen molar-refractivity contribution in [2.75, 3.05) is 16.8 Å². The monoisotopic (exact) mass is 433 g/mol. The molecule has 1 aliphatic carbocycles. The first-order chi connectivity index (χ1) is 15.4. The Morgan fingerprint density at radius 3 is 2.53 bits per heavy atom. The van der Waals surface area contributed by atoms with Crippen molar-refractivity contribution in [3.63, 3.8) is 0 Å². The second-order valence-electron chi connectivity index (χ2n) is 8.90. The number of para-hydroxylation sites is 1. The van der Waals surface area contributed by atoms with E-state index in [1.807, 2.05) is 54.3 Å². The normalized spacial score (nSPS) is 20.9. The van der Waals surface area contributed by atoms with Gasteiger partial charge in [-0.25, -0.2) is 0 Å². The minimum atomic E-state index is -0.315. The summed E-state index contributed by atoms with van der Waals surface area (Å²) >= 11 is 0. The van der Waals surface area contributed by atoms with E-state index in [0.717, 1.165) is 43.4 Å². The van der Waals surface area contributed by atoms with Gasteiger partial charge in [0, 0.05) is 30.8 Å². The molecule has 2 aromatic rings. The number of rotatable bonds is 5. The molecule has 32 heavy (non-hydrogen) atoms. The second-order valence-corrected chi connectivity index (χ2v) is 8.90. The summed E-state index contributed by atoms with van der Waals surface area (Å²) in [7, 11) is 0. The maximum Gasteiger partial charge on any atom is 0.230 e. The molecule has 0 aromatic heterocycles. The van der Waals surface area contributed by atoms with E-state index in [2.05, 4.69) is 16.7 Å². The van der Waals surface area contributed by atoms with Gasteiger partial charge in [-0.05, 0) is 55.5 Å². The number of carbonyl (C=O) groups is 3. The van der Waals surface area contributed by atoms with Crippen molar-refractivity contribution in [2.45, 2.75) is 52.0 Å². The summed E-state index contributed by atoms with van der Waals surface area (Å²) in [6.07, 6.45) is 4.29. The van der Waals surface area contributed by atoms with Gasteiger partial charge in [-0.15, -0.1) is 0 Å². The zero-order chi connectivity index (χ0) is 22.7. The minimum absolute atomic E-state index is 0.0621. The molecule has 0 radical (unpaired) electrons. The molecular formula is C26H31N3O3. The van der Waals surface area contributed by atoms with E-state index in [-0.39, 0.29) is 35.6 Å². The number of nitrogens with one attached hydrogen (secondary N) is 2. The number of hydrogen-bond acceptors (Lipinski definition) is 3. The van der Waals surface area contributed by atoms with Crippen LogP contribution in [0.3, 0.4) is 0 Å². The Labute approximate surface area is 189 Å². The highest BCUT2D eigenvalue weighted by Gasteiger charge is 2.39. The fourth-order valence-corrected chi connectivity index (χ4v) is 5.00. The summed E-state index contributed by atoms with van der Waals surface area (Å²) < 4.78 is 0. The fourth-order valence-electron chi connectivity index (χ4n) is 5.00. The number of fused-ring (bicyclic) bond motifs is 1. The Kier molecular flexibility index (Phi) is 6.58. The van der Waals surface area contributed by atoms with Gasteiger partial charge in [0.2, 0.25) is 17.7 Å². The molecule has 168 valence electrons. The van der Waals surface area contributed by atoms with Gasteiger partial charge in [0.15, 0.2) is 0 Å². The van der Waals surface area contributed by atoms with Crippen molar-refractivity contribution in [1.82, 2.24) is 5.32 Å². The van der Waals surface area contributed by atoms with E-state index >= 15 is 0 Å². The third-order valence-corrected chi connectivity index (χ3v) is 6.64. The van der Waals surface area contributed by atoms with E-state index in [9.17, 15) is 14.4 Å². The van der Waals surface area contributed by atoms with Crippen LogP contribution in [0.2, 0.25) is 0 Å². The van der Waals surface area contributed by atoms with Crippen molar-refractivity contribution in [3.05, 3.63) is 59.7 Å². The zero-order valence-corrected chi connectivity index (χ0v) is 18.8. The predicted octanol–water partition coefficient (Wildman–Crippen LogP) is 4.22. The molecule has 6 heteroatoms. The molecule has 4 rings (SSSR count).